The third kappa shape index (κ3) is 1.50. The molecular weight excluding hydrogens is 222 g/mol. The van der Waals surface area contributed by atoms with Crippen molar-refractivity contribution in [2.24, 2.45) is 0 Å². The summed E-state index contributed by atoms with van der Waals surface area (Å²) in [4.78, 5) is 23.7. The van der Waals surface area contributed by atoms with Crippen molar-refractivity contribution in [3.05, 3.63) is 0 Å². The first-order valence-electron chi connectivity index (χ1n) is 4.56. The van der Waals surface area contributed by atoms with Crippen LogP contribution in [0.2, 0.25) is 0 Å². The van der Waals surface area contributed by atoms with Gasteiger partial charge in [-0.25, -0.2) is 13.2 Å². The van der Waals surface area contributed by atoms with E-state index < -0.39 is 27.0 Å². The smallest absolute Gasteiger partial charge is 0.396 e. The first-order valence-corrected chi connectivity index (χ1v) is 6.27. The maximum absolute atomic E-state index is 11.4. The average molecular weight is 233 g/mol. The molecule has 2 aliphatic rings. The van der Waals surface area contributed by atoms with E-state index in [1.807, 2.05) is 0 Å². The highest BCUT2D eigenvalue weighted by molar-refractivity contribution is 7.92. The summed E-state index contributed by atoms with van der Waals surface area (Å²) in [5, 5.41) is -0.490. The Kier molecular flexibility index (Phi) is 2.22. The van der Waals surface area contributed by atoms with Crippen LogP contribution in [0.5, 0.6) is 0 Å². The van der Waals surface area contributed by atoms with E-state index >= 15 is 0 Å². The summed E-state index contributed by atoms with van der Waals surface area (Å²) in [6.07, 6.45) is 0.449. The van der Waals surface area contributed by atoms with E-state index in [1.54, 1.807) is 0 Å². The normalized spacial score (nSPS) is 31.7. The highest BCUT2D eigenvalue weighted by Crippen LogP contribution is 2.32. The van der Waals surface area contributed by atoms with Gasteiger partial charge >= 0.3 is 11.9 Å². The number of methoxy groups -OCH3 is 1. The Balaban J connectivity index is 2.13. The number of rotatable bonds is 0. The summed E-state index contributed by atoms with van der Waals surface area (Å²) in [6, 6.07) is -0.341. The molecule has 0 aliphatic carbocycles. The molecule has 0 spiro atoms. The standard InChI is InChI=1S/C8H11NO5S/c1-14-8(11)7(10)9-3-6-2-5(9)4-15(6,12)13/h5-6H,2-4H2,1H3. The van der Waals surface area contributed by atoms with E-state index in [1.165, 1.54) is 4.90 Å². The minimum Gasteiger partial charge on any atom is -0.462 e. The van der Waals surface area contributed by atoms with Crippen LogP contribution in [-0.2, 0) is 24.2 Å². The number of nitrogens with zero attached hydrogens (tertiary/aromatic N) is 1. The van der Waals surface area contributed by atoms with E-state index in [-0.39, 0.29) is 18.3 Å². The lowest BCUT2D eigenvalue weighted by Gasteiger charge is -2.25. The largest absolute Gasteiger partial charge is 0.462 e. The van der Waals surface area contributed by atoms with Crippen molar-refractivity contribution in [3.8, 4) is 0 Å². The van der Waals surface area contributed by atoms with Crippen LogP contribution in [0.15, 0.2) is 0 Å². The van der Waals surface area contributed by atoms with E-state index in [4.69, 9.17) is 0 Å². The van der Waals surface area contributed by atoms with Crippen molar-refractivity contribution in [3.63, 3.8) is 0 Å². The molecule has 0 saturated carbocycles. The first kappa shape index (κ1) is 10.4. The van der Waals surface area contributed by atoms with Crippen molar-refractivity contribution in [2.45, 2.75) is 17.7 Å². The van der Waals surface area contributed by atoms with Gasteiger partial charge in [-0.3, -0.25) is 4.79 Å². The summed E-state index contributed by atoms with van der Waals surface area (Å²) in [5.74, 6) is -1.69. The Hall–Kier alpha value is -1.11. The zero-order valence-corrected chi connectivity index (χ0v) is 8.99. The van der Waals surface area contributed by atoms with E-state index in [9.17, 15) is 18.0 Å². The number of amides is 1. The quantitative estimate of drug-likeness (QED) is 0.378. The fourth-order valence-electron chi connectivity index (χ4n) is 2.15. The zero-order valence-electron chi connectivity index (χ0n) is 8.17. The Labute approximate surface area is 87.1 Å². The highest BCUT2D eigenvalue weighted by Gasteiger charge is 2.51. The van der Waals surface area contributed by atoms with Crippen LogP contribution >= 0.6 is 0 Å². The van der Waals surface area contributed by atoms with Gasteiger partial charge in [0.1, 0.15) is 0 Å². The van der Waals surface area contributed by atoms with Gasteiger partial charge < -0.3 is 9.64 Å². The number of carbonyl (C=O) groups is 2. The van der Waals surface area contributed by atoms with Crippen molar-refractivity contribution in [1.29, 1.82) is 0 Å². The molecular formula is C8H11NO5S. The molecule has 6 nitrogen and oxygen atoms in total. The molecule has 2 rings (SSSR count). The topological polar surface area (TPSA) is 80.8 Å². The monoisotopic (exact) mass is 233 g/mol. The van der Waals surface area contributed by atoms with E-state index in [2.05, 4.69) is 4.74 Å². The van der Waals surface area contributed by atoms with Crippen molar-refractivity contribution >= 4 is 21.7 Å². The van der Waals surface area contributed by atoms with E-state index in [0.29, 0.717) is 6.42 Å². The van der Waals surface area contributed by atoms with Gasteiger partial charge in [0.05, 0.1) is 18.1 Å². The molecule has 2 heterocycles. The molecule has 1 amide bonds. The molecule has 84 valence electrons. The van der Waals surface area contributed by atoms with Crippen molar-refractivity contribution < 1.29 is 22.7 Å². The van der Waals surface area contributed by atoms with Crippen LogP contribution in [-0.4, -0.2) is 55.9 Å². The van der Waals surface area contributed by atoms with Gasteiger partial charge in [0.2, 0.25) is 0 Å². The molecule has 2 fully saturated rings. The first-order chi connectivity index (χ1) is 6.95. The summed E-state index contributed by atoms with van der Waals surface area (Å²) in [5.41, 5.74) is 0. The number of likely N-dealkylation sites (tertiary alicyclic amines) is 1. The highest BCUT2D eigenvalue weighted by atomic mass is 32.2. The maximum Gasteiger partial charge on any atom is 0.396 e. The number of fused-ring (bicyclic) bond motifs is 2. The molecule has 7 heteroatoms. The van der Waals surface area contributed by atoms with Gasteiger partial charge in [0.25, 0.3) is 0 Å². The molecule has 2 aliphatic heterocycles. The van der Waals surface area contributed by atoms with Gasteiger partial charge in [0, 0.05) is 12.6 Å². The minimum atomic E-state index is -3.03. The number of sulfone groups is 1. The lowest BCUT2D eigenvalue weighted by Crippen LogP contribution is -2.47. The van der Waals surface area contributed by atoms with Gasteiger partial charge in [-0.15, -0.1) is 0 Å². The van der Waals surface area contributed by atoms with Crippen LogP contribution in [0.3, 0.4) is 0 Å². The van der Waals surface area contributed by atoms with Gasteiger partial charge in [-0.05, 0) is 6.42 Å². The number of esters is 1. The van der Waals surface area contributed by atoms with Crippen molar-refractivity contribution in [2.75, 3.05) is 19.4 Å². The Morgan fingerprint density at radius 2 is 2.07 bits per heavy atom. The SMILES string of the molecule is COC(=O)C(=O)N1CC2CC1CS2(=O)=O. The van der Waals surface area contributed by atoms with Crippen LogP contribution in [0.4, 0.5) is 0 Å². The van der Waals surface area contributed by atoms with E-state index in [0.717, 1.165) is 7.11 Å². The summed E-state index contributed by atoms with van der Waals surface area (Å²) >= 11 is 0. The van der Waals surface area contributed by atoms with Crippen molar-refractivity contribution in [1.82, 2.24) is 4.90 Å². The molecule has 0 aromatic rings. The van der Waals surface area contributed by atoms with Gasteiger partial charge in [-0.2, -0.15) is 0 Å². The van der Waals surface area contributed by atoms with Gasteiger partial charge in [0.15, 0.2) is 9.84 Å². The molecule has 0 radical (unpaired) electrons. The molecule has 2 saturated heterocycles. The molecule has 2 unspecified atom stereocenters. The summed E-state index contributed by atoms with van der Waals surface area (Å²) < 4.78 is 27.1. The fourth-order valence-corrected chi connectivity index (χ4v) is 4.18. The predicted octanol–water partition coefficient (Wildman–Crippen LogP) is -1.44. The number of hydrogen-bond donors (Lipinski definition) is 0. The summed E-state index contributed by atoms with van der Waals surface area (Å²) in [7, 11) is -1.90. The molecule has 2 atom stereocenters. The maximum atomic E-state index is 11.4. The fraction of sp³-hybridized carbons (Fsp3) is 0.750. The lowest BCUT2D eigenvalue weighted by molar-refractivity contribution is -0.158. The third-order valence-electron chi connectivity index (χ3n) is 2.93. The predicted molar refractivity (Wildman–Crippen MR) is 49.7 cm³/mol. The average Bonchev–Trinajstić information content (AvgIpc) is 2.70. The second-order valence-corrected chi connectivity index (χ2v) is 6.12. The van der Waals surface area contributed by atoms with Crippen LogP contribution < -0.4 is 0 Å². The molecule has 0 N–H and O–H groups in total. The lowest BCUT2D eigenvalue weighted by atomic mass is 10.2. The molecule has 15 heavy (non-hydrogen) atoms. The molecule has 0 aromatic carbocycles. The second kappa shape index (κ2) is 3.19. The number of ether oxygens (including phenoxy) is 1. The molecule has 2 bridgehead atoms. The minimum absolute atomic E-state index is 0.0274. The molecule has 0 aromatic heterocycles. The van der Waals surface area contributed by atoms with Gasteiger partial charge in [-0.1, -0.05) is 0 Å². The van der Waals surface area contributed by atoms with Crippen LogP contribution in [0.1, 0.15) is 6.42 Å². The Bertz CT molecular complexity index is 415. The zero-order chi connectivity index (χ0) is 11.2. The summed E-state index contributed by atoms with van der Waals surface area (Å²) in [6.45, 7) is 0.126. The van der Waals surface area contributed by atoms with Crippen LogP contribution in [0, 0.1) is 0 Å². The third-order valence-corrected chi connectivity index (χ3v) is 5.14. The van der Waals surface area contributed by atoms with Crippen LogP contribution in [0.25, 0.3) is 0 Å². The Morgan fingerprint density at radius 1 is 1.40 bits per heavy atom. The second-order valence-electron chi connectivity index (χ2n) is 3.79. The Morgan fingerprint density at radius 3 is 2.47 bits per heavy atom. The number of carbonyl (C=O) groups excluding carboxylic acids is 2. The number of hydrogen-bond acceptors (Lipinski definition) is 5.